The zero-order valence-corrected chi connectivity index (χ0v) is 15.8. The third-order valence-electron chi connectivity index (χ3n) is 4.40. The fraction of sp³-hybridized carbons (Fsp3) is 0.167. The number of para-hydroxylation sites is 2. The van der Waals surface area contributed by atoms with Gasteiger partial charge in [0.05, 0.1) is 6.61 Å². The van der Waals surface area contributed by atoms with Crippen molar-refractivity contribution in [3.63, 3.8) is 0 Å². The van der Waals surface area contributed by atoms with Crippen LogP contribution in [0.3, 0.4) is 0 Å². The predicted molar refractivity (Wildman–Crippen MR) is 110 cm³/mol. The van der Waals surface area contributed by atoms with E-state index in [2.05, 4.69) is 0 Å². The van der Waals surface area contributed by atoms with Gasteiger partial charge in [0.1, 0.15) is 5.92 Å². The highest BCUT2D eigenvalue weighted by molar-refractivity contribution is 6.10. The maximum atomic E-state index is 13.6. The van der Waals surface area contributed by atoms with Crippen LogP contribution in [0, 0.1) is 5.92 Å². The number of hydrogen-bond acceptors (Lipinski definition) is 3. The summed E-state index contributed by atoms with van der Waals surface area (Å²) in [6, 6.07) is 28.2. The van der Waals surface area contributed by atoms with E-state index in [1.165, 1.54) is 0 Å². The molecule has 3 rings (SSSR count). The Kier molecular flexibility index (Phi) is 6.58. The molecule has 0 bridgehead atoms. The van der Waals surface area contributed by atoms with Crippen LogP contribution in [-0.4, -0.2) is 18.5 Å². The standard InChI is InChI=1S/C24H23NO3/c1-2-28-24(27)22(18-19-12-6-3-7-13-19)23(26)25(20-14-8-4-9-15-20)21-16-10-5-11-17-21/h3-17,22H,2,18H2,1H3/t22-/m1/s1. The van der Waals surface area contributed by atoms with E-state index in [1.54, 1.807) is 11.8 Å². The molecule has 0 aliphatic rings. The number of rotatable bonds is 7. The summed E-state index contributed by atoms with van der Waals surface area (Å²) in [4.78, 5) is 27.9. The van der Waals surface area contributed by atoms with Crippen molar-refractivity contribution in [2.45, 2.75) is 13.3 Å². The van der Waals surface area contributed by atoms with E-state index in [0.717, 1.165) is 5.56 Å². The molecule has 1 amide bonds. The van der Waals surface area contributed by atoms with Crippen LogP contribution >= 0.6 is 0 Å². The summed E-state index contributed by atoms with van der Waals surface area (Å²) in [7, 11) is 0. The molecular weight excluding hydrogens is 350 g/mol. The highest BCUT2D eigenvalue weighted by Crippen LogP contribution is 2.28. The molecule has 0 aliphatic heterocycles. The Morgan fingerprint density at radius 3 is 1.71 bits per heavy atom. The van der Waals surface area contributed by atoms with E-state index < -0.39 is 11.9 Å². The van der Waals surface area contributed by atoms with Crippen molar-refractivity contribution in [2.75, 3.05) is 11.5 Å². The lowest BCUT2D eigenvalue weighted by molar-refractivity contribution is -0.151. The highest BCUT2D eigenvalue weighted by Gasteiger charge is 2.33. The third kappa shape index (κ3) is 4.65. The lowest BCUT2D eigenvalue weighted by Crippen LogP contribution is -2.38. The number of anilines is 2. The topological polar surface area (TPSA) is 46.6 Å². The van der Waals surface area contributed by atoms with Gasteiger partial charge in [-0.1, -0.05) is 66.7 Å². The van der Waals surface area contributed by atoms with Gasteiger partial charge in [-0.15, -0.1) is 0 Å². The van der Waals surface area contributed by atoms with Crippen LogP contribution < -0.4 is 4.90 Å². The van der Waals surface area contributed by atoms with E-state index in [-0.39, 0.29) is 18.9 Å². The van der Waals surface area contributed by atoms with Gasteiger partial charge in [0.2, 0.25) is 5.91 Å². The number of hydrogen-bond donors (Lipinski definition) is 0. The molecule has 0 heterocycles. The van der Waals surface area contributed by atoms with Gasteiger partial charge >= 0.3 is 5.97 Å². The second-order valence-electron chi connectivity index (χ2n) is 6.34. The average Bonchev–Trinajstić information content (AvgIpc) is 2.74. The van der Waals surface area contributed by atoms with Crippen molar-refractivity contribution in [1.29, 1.82) is 0 Å². The summed E-state index contributed by atoms with van der Waals surface area (Å²) < 4.78 is 5.23. The largest absolute Gasteiger partial charge is 0.465 e. The smallest absolute Gasteiger partial charge is 0.318 e. The van der Waals surface area contributed by atoms with E-state index in [0.29, 0.717) is 11.4 Å². The minimum atomic E-state index is -0.928. The third-order valence-corrected chi connectivity index (χ3v) is 4.40. The van der Waals surface area contributed by atoms with E-state index in [1.807, 2.05) is 91.0 Å². The number of esters is 1. The number of carbonyl (C=O) groups is 2. The lowest BCUT2D eigenvalue weighted by Gasteiger charge is -2.27. The van der Waals surface area contributed by atoms with E-state index in [4.69, 9.17) is 4.74 Å². The Morgan fingerprint density at radius 1 is 0.786 bits per heavy atom. The van der Waals surface area contributed by atoms with Crippen molar-refractivity contribution < 1.29 is 14.3 Å². The molecule has 0 fully saturated rings. The molecule has 0 spiro atoms. The number of ether oxygens (including phenoxy) is 1. The summed E-state index contributed by atoms with van der Waals surface area (Å²) in [5, 5.41) is 0. The van der Waals surface area contributed by atoms with Crippen molar-refractivity contribution in [3.8, 4) is 0 Å². The Balaban J connectivity index is 2.00. The van der Waals surface area contributed by atoms with Crippen molar-refractivity contribution in [2.24, 2.45) is 5.92 Å². The molecule has 0 aliphatic carbocycles. The number of nitrogens with zero attached hydrogens (tertiary/aromatic N) is 1. The molecule has 0 unspecified atom stereocenters. The molecule has 0 N–H and O–H groups in total. The van der Waals surface area contributed by atoms with E-state index >= 15 is 0 Å². The molecule has 28 heavy (non-hydrogen) atoms. The molecular formula is C24H23NO3. The first-order valence-electron chi connectivity index (χ1n) is 9.35. The van der Waals surface area contributed by atoms with Crippen molar-refractivity contribution >= 4 is 23.3 Å². The predicted octanol–water partition coefficient (Wildman–Crippen LogP) is 4.77. The van der Waals surface area contributed by atoms with Crippen LogP contribution in [0.4, 0.5) is 11.4 Å². The molecule has 4 heteroatoms. The fourth-order valence-electron chi connectivity index (χ4n) is 3.08. The molecule has 3 aromatic rings. The first kappa shape index (κ1) is 19.4. The zero-order chi connectivity index (χ0) is 19.8. The second kappa shape index (κ2) is 9.51. The van der Waals surface area contributed by atoms with Gasteiger partial charge in [-0.05, 0) is 43.2 Å². The molecule has 0 aromatic heterocycles. The van der Waals surface area contributed by atoms with Crippen LogP contribution in [0.15, 0.2) is 91.0 Å². The summed E-state index contributed by atoms with van der Waals surface area (Å²) in [6.45, 7) is 1.97. The summed E-state index contributed by atoms with van der Waals surface area (Å²) in [5.41, 5.74) is 2.33. The number of amides is 1. The Labute approximate surface area is 165 Å². The van der Waals surface area contributed by atoms with Gasteiger partial charge in [0.15, 0.2) is 0 Å². The zero-order valence-electron chi connectivity index (χ0n) is 15.8. The quantitative estimate of drug-likeness (QED) is 0.443. The van der Waals surface area contributed by atoms with Gasteiger partial charge < -0.3 is 4.74 Å². The molecule has 4 nitrogen and oxygen atoms in total. The monoisotopic (exact) mass is 373 g/mol. The molecule has 142 valence electrons. The highest BCUT2D eigenvalue weighted by atomic mass is 16.5. The van der Waals surface area contributed by atoms with Crippen LogP contribution in [0.1, 0.15) is 12.5 Å². The average molecular weight is 373 g/mol. The minimum absolute atomic E-state index is 0.230. The first-order valence-corrected chi connectivity index (χ1v) is 9.35. The summed E-state index contributed by atoms with van der Waals surface area (Å²) in [6.07, 6.45) is 0.286. The Bertz CT molecular complexity index is 855. The van der Waals surface area contributed by atoms with Gasteiger partial charge in [-0.3, -0.25) is 14.5 Å². The van der Waals surface area contributed by atoms with Crippen LogP contribution in [-0.2, 0) is 20.7 Å². The molecule has 0 radical (unpaired) electrons. The van der Waals surface area contributed by atoms with Crippen LogP contribution in [0.25, 0.3) is 0 Å². The van der Waals surface area contributed by atoms with E-state index in [9.17, 15) is 9.59 Å². The van der Waals surface area contributed by atoms with Gasteiger partial charge in [-0.25, -0.2) is 0 Å². The fourth-order valence-corrected chi connectivity index (χ4v) is 3.08. The molecule has 0 saturated carbocycles. The van der Waals surface area contributed by atoms with Gasteiger partial charge in [0, 0.05) is 11.4 Å². The first-order chi connectivity index (χ1) is 13.7. The van der Waals surface area contributed by atoms with Crippen molar-refractivity contribution in [1.82, 2.24) is 0 Å². The van der Waals surface area contributed by atoms with Gasteiger partial charge in [-0.2, -0.15) is 0 Å². The number of carbonyl (C=O) groups excluding carboxylic acids is 2. The number of benzene rings is 3. The van der Waals surface area contributed by atoms with Crippen LogP contribution in [0.2, 0.25) is 0 Å². The Morgan fingerprint density at radius 2 is 1.25 bits per heavy atom. The minimum Gasteiger partial charge on any atom is -0.465 e. The van der Waals surface area contributed by atoms with Crippen LogP contribution in [0.5, 0.6) is 0 Å². The maximum absolute atomic E-state index is 13.6. The Hall–Kier alpha value is -3.40. The molecule has 0 saturated heterocycles. The molecule has 1 atom stereocenters. The van der Waals surface area contributed by atoms with Crippen molar-refractivity contribution in [3.05, 3.63) is 96.6 Å². The lowest BCUT2D eigenvalue weighted by atomic mass is 9.97. The SMILES string of the molecule is CCOC(=O)[C@H](Cc1ccccc1)C(=O)N(c1ccccc1)c1ccccc1. The summed E-state index contributed by atoms with van der Waals surface area (Å²) >= 11 is 0. The summed E-state index contributed by atoms with van der Waals surface area (Å²) in [5.74, 6) is -1.74. The maximum Gasteiger partial charge on any atom is 0.318 e. The molecule has 3 aromatic carbocycles. The normalized spacial score (nSPS) is 11.5. The van der Waals surface area contributed by atoms with Gasteiger partial charge in [0.25, 0.3) is 0 Å². The second-order valence-corrected chi connectivity index (χ2v) is 6.34.